The highest BCUT2D eigenvalue weighted by Crippen LogP contribution is 2.31. The fourth-order valence-corrected chi connectivity index (χ4v) is 3.74. The number of aromatic nitrogens is 4. The molecule has 4 heterocycles. The van der Waals surface area contributed by atoms with Crippen molar-refractivity contribution >= 4 is 39.5 Å². The van der Waals surface area contributed by atoms with Gasteiger partial charge in [-0.15, -0.1) is 0 Å². The summed E-state index contributed by atoms with van der Waals surface area (Å²) in [7, 11) is 2.00. The van der Waals surface area contributed by atoms with E-state index in [9.17, 15) is 0 Å². The first-order valence-electron chi connectivity index (χ1n) is 9.15. The average Bonchev–Trinajstić information content (AvgIpc) is 3.41. The van der Waals surface area contributed by atoms with Crippen LogP contribution < -0.4 is 15.5 Å². The van der Waals surface area contributed by atoms with Gasteiger partial charge < -0.3 is 20.0 Å². The number of hydrogen-bond donors (Lipinski definition) is 3. The van der Waals surface area contributed by atoms with Gasteiger partial charge in [0.2, 0.25) is 5.95 Å². The first-order chi connectivity index (χ1) is 13.3. The van der Waals surface area contributed by atoms with Crippen LogP contribution in [0.3, 0.4) is 0 Å². The van der Waals surface area contributed by atoms with Gasteiger partial charge in [0.1, 0.15) is 5.52 Å². The van der Waals surface area contributed by atoms with E-state index in [1.165, 1.54) is 0 Å². The molecule has 5 rings (SSSR count). The Kier molecular flexibility index (Phi) is 3.90. The predicted molar refractivity (Wildman–Crippen MR) is 105 cm³/mol. The zero-order valence-corrected chi connectivity index (χ0v) is 15.1. The summed E-state index contributed by atoms with van der Waals surface area (Å²) in [5, 5.41) is 14.7. The minimum absolute atomic E-state index is 0.565. The van der Waals surface area contributed by atoms with Crippen LogP contribution in [-0.4, -0.2) is 46.8 Å². The number of H-pyrrole nitrogens is 1. The predicted octanol–water partition coefficient (Wildman–Crippen LogP) is 2.89. The Hall–Kier alpha value is -3.13. The maximum Gasteiger partial charge on any atom is 0.229 e. The zero-order valence-electron chi connectivity index (χ0n) is 15.1. The Labute approximate surface area is 156 Å². The van der Waals surface area contributed by atoms with Crippen LogP contribution in [-0.2, 0) is 0 Å². The number of aromatic amines is 1. The first kappa shape index (κ1) is 16.1. The van der Waals surface area contributed by atoms with E-state index in [0.29, 0.717) is 11.9 Å². The van der Waals surface area contributed by atoms with Gasteiger partial charge in [-0.25, -0.2) is 4.98 Å². The van der Waals surface area contributed by atoms with Crippen LogP contribution in [0.1, 0.15) is 6.42 Å². The number of hydrogen-bond acceptors (Lipinski definition) is 7. The van der Waals surface area contributed by atoms with E-state index in [0.717, 1.165) is 59.6 Å². The number of benzene rings is 1. The van der Waals surface area contributed by atoms with Gasteiger partial charge in [0.25, 0.3) is 0 Å². The van der Waals surface area contributed by atoms with E-state index in [2.05, 4.69) is 30.7 Å². The highest BCUT2D eigenvalue weighted by molar-refractivity contribution is 5.86. The molecule has 1 fully saturated rings. The summed E-state index contributed by atoms with van der Waals surface area (Å²) >= 11 is 0. The van der Waals surface area contributed by atoms with Crippen LogP contribution in [0, 0.1) is 5.92 Å². The SMILES string of the molecule is CNCC1CCN(c2nc(Nc3ccc4cn[nH]c4c3)nc3ccoc23)C1. The van der Waals surface area contributed by atoms with Crippen LogP contribution in [0.5, 0.6) is 0 Å². The lowest BCUT2D eigenvalue weighted by Crippen LogP contribution is -2.25. The minimum atomic E-state index is 0.565. The zero-order chi connectivity index (χ0) is 18.2. The minimum Gasteiger partial charge on any atom is -0.459 e. The Morgan fingerprint density at radius 2 is 2.26 bits per heavy atom. The van der Waals surface area contributed by atoms with Crippen molar-refractivity contribution < 1.29 is 4.42 Å². The summed E-state index contributed by atoms with van der Waals surface area (Å²) in [4.78, 5) is 11.7. The molecule has 0 bridgehead atoms. The fourth-order valence-electron chi connectivity index (χ4n) is 3.74. The second-order valence-electron chi connectivity index (χ2n) is 6.96. The van der Waals surface area contributed by atoms with Crippen LogP contribution in [0.4, 0.5) is 17.5 Å². The van der Waals surface area contributed by atoms with E-state index < -0.39 is 0 Å². The molecule has 8 nitrogen and oxygen atoms in total. The smallest absolute Gasteiger partial charge is 0.229 e. The normalized spacial score (nSPS) is 17.2. The molecule has 0 radical (unpaired) electrons. The Balaban J connectivity index is 1.48. The molecular formula is C19H21N7O. The first-order valence-corrected chi connectivity index (χ1v) is 9.15. The standard InChI is InChI=1S/C19H21N7O/c1-20-9-12-4-6-26(11-12)18-17-15(5-7-27-17)23-19(24-18)22-14-3-2-13-10-21-25-16(13)8-14/h2-3,5,7-8,10,12,20H,4,6,9,11H2,1H3,(H,21,25)(H,22,23,24). The Morgan fingerprint density at radius 1 is 1.30 bits per heavy atom. The van der Waals surface area contributed by atoms with Crippen LogP contribution in [0.15, 0.2) is 41.1 Å². The second kappa shape index (κ2) is 6.55. The van der Waals surface area contributed by atoms with Crippen molar-refractivity contribution in [3.8, 4) is 0 Å². The molecule has 8 heteroatoms. The van der Waals surface area contributed by atoms with Crippen molar-refractivity contribution in [2.24, 2.45) is 5.92 Å². The highest BCUT2D eigenvalue weighted by atomic mass is 16.3. The molecule has 4 aromatic rings. The monoisotopic (exact) mass is 363 g/mol. The third kappa shape index (κ3) is 2.97. The Bertz CT molecular complexity index is 1090. The van der Waals surface area contributed by atoms with Gasteiger partial charge in [-0.05, 0) is 44.1 Å². The van der Waals surface area contributed by atoms with Crippen molar-refractivity contribution in [3.63, 3.8) is 0 Å². The molecule has 0 amide bonds. The maximum atomic E-state index is 5.69. The van der Waals surface area contributed by atoms with E-state index in [1.807, 2.05) is 31.3 Å². The summed E-state index contributed by atoms with van der Waals surface area (Å²) in [6.07, 6.45) is 4.62. The third-order valence-electron chi connectivity index (χ3n) is 5.06. The maximum absolute atomic E-state index is 5.69. The molecule has 3 N–H and O–H groups in total. The summed E-state index contributed by atoms with van der Waals surface area (Å²) in [5.74, 6) is 2.04. The highest BCUT2D eigenvalue weighted by Gasteiger charge is 2.26. The van der Waals surface area contributed by atoms with E-state index in [1.54, 1.807) is 12.5 Å². The molecule has 1 saturated heterocycles. The third-order valence-corrected chi connectivity index (χ3v) is 5.06. The molecule has 0 aliphatic carbocycles. The molecule has 0 saturated carbocycles. The lowest BCUT2D eigenvalue weighted by Gasteiger charge is -2.18. The summed E-state index contributed by atoms with van der Waals surface area (Å²) in [6, 6.07) is 7.90. The molecule has 1 aliphatic rings. The molecule has 1 atom stereocenters. The number of nitrogens with one attached hydrogen (secondary N) is 3. The van der Waals surface area contributed by atoms with Crippen molar-refractivity contribution in [1.29, 1.82) is 0 Å². The summed E-state index contributed by atoms with van der Waals surface area (Å²) in [6.45, 7) is 2.95. The van der Waals surface area contributed by atoms with Crippen molar-refractivity contribution in [2.45, 2.75) is 6.42 Å². The average molecular weight is 363 g/mol. The van der Waals surface area contributed by atoms with Crippen LogP contribution in [0.2, 0.25) is 0 Å². The quantitative estimate of drug-likeness (QED) is 0.502. The molecule has 3 aromatic heterocycles. The molecule has 1 aromatic carbocycles. The van der Waals surface area contributed by atoms with Crippen molar-refractivity contribution in [3.05, 3.63) is 36.7 Å². The van der Waals surface area contributed by atoms with Gasteiger partial charge in [0.15, 0.2) is 11.4 Å². The van der Waals surface area contributed by atoms with Crippen molar-refractivity contribution in [1.82, 2.24) is 25.5 Å². The molecular weight excluding hydrogens is 342 g/mol. The molecule has 138 valence electrons. The molecule has 1 unspecified atom stereocenters. The van der Waals surface area contributed by atoms with E-state index in [-0.39, 0.29) is 0 Å². The van der Waals surface area contributed by atoms with Crippen LogP contribution >= 0.6 is 0 Å². The van der Waals surface area contributed by atoms with Gasteiger partial charge in [0, 0.05) is 30.2 Å². The van der Waals surface area contributed by atoms with Gasteiger partial charge in [-0.2, -0.15) is 10.1 Å². The number of fused-ring (bicyclic) bond motifs is 2. The van der Waals surface area contributed by atoms with Gasteiger partial charge in [0.05, 0.1) is 18.0 Å². The summed E-state index contributed by atoms with van der Waals surface area (Å²) in [5.41, 5.74) is 3.44. The van der Waals surface area contributed by atoms with Crippen LogP contribution in [0.25, 0.3) is 22.0 Å². The lowest BCUT2D eigenvalue weighted by molar-refractivity contribution is 0.548. The lowest BCUT2D eigenvalue weighted by atomic mass is 10.1. The van der Waals surface area contributed by atoms with Crippen molar-refractivity contribution in [2.75, 3.05) is 36.9 Å². The van der Waals surface area contributed by atoms with Gasteiger partial charge in [-0.1, -0.05) is 0 Å². The number of anilines is 3. The molecule has 27 heavy (non-hydrogen) atoms. The Morgan fingerprint density at radius 3 is 3.19 bits per heavy atom. The second-order valence-corrected chi connectivity index (χ2v) is 6.96. The van der Waals surface area contributed by atoms with Gasteiger partial charge in [-0.3, -0.25) is 5.10 Å². The number of rotatable bonds is 5. The van der Waals surface area contributed by atoms with E-state index in [4.69, 9.17) is 9.40 Å². The molecule has 0 spiro atoms. The van der Waals surface area contributed by atoms with E-state index >= 15 is 0 Å². The number of nitrogens with zero attached hydrogens (tertiary/aromatic N) is 4. The molecule has 1 aliphatic heterocycles. The van der Waals surface area contributed by atoms with Gasteiger partial charge >= 0.3 is 0 Å². The number of furan rings is 1. The topological polar surface area (TPSA) is 94.9 Å². The largest absolute Gasteiger partial charge is 0.459 e. The fraction of sp³-hybridized carbons (Fsp3) is 0.316. The summed E-state index contributed by atoms with van der Waals surface area (Å²) < 4.78 is 5.69.